The summed E-state index contributed by atoms with van der Waals surface area (Å²) in [6.07, 6.45) is 2.13. The number of hydrogen-bond donors (Lipinski definition) is 1. The van der Waals surface area contributed by atoms with Gasteiger partial charge in [0.25, 0.3) is 5.91 Å². The smallest absolute Gasteiger partial charge is 0.287 e. The van der Waals surface area contributed by atoms with E-state index in [0.717, 1.165) is 37.5 Å². The molecule has 35 heavy (non-hydrogen) atoms. The van der Waals surface area contributed by atoms with Crippen molar-refractivity contribution in [1.29, 1.82) is 0 Å². The Morgan fingerprint density at radius 2 is 1.97 bits per heavy atom. The molecule has 1 fully saturated rings. The van der Waals surface area contributed by atoms with Gasteiger partial charge in [0.2, 0.25) is 0 Å². The van der Waals surface area contributed by atoms with Gasteiger partial charge in [-0.3, -0.25) is 4.79 Å². The van der Waals surface area contributed by atoms with Gasteiger partial charge in [-0.05, 0) is 30.5 Å². The molecule has 1 amide bonds. The number of nitrogens with one attached hydrogen (secondary N) is 1. The highest BCUT2D eigenvalue weighted by Crippen LogP contribution is 2.29. The number of anilines is 1. The van der Waals surface area contributed by atoms with Crippen LogP contribution >= 0.6 is 11.8 Å². The molecule has 8 heteroatoms. The molecule has 0 aliphatic carbocycles. The highest BCUT2D eigenvalue weighted by Gasteiger charge is 2.21. The van der Waals surface area contributed by atoms with Gasteiger partial charge in [0.15, 0.2) is 10.9 Å². The maximum absolute atomic E-state index is 12.4. The molecule has 0 spiro atoms. The van der Waals surface area contributed by atoms with Crippen molar-refractivity contribution < 1.29 is 13.9 Å². The molecule has 1 saturated heterocycles. The van der Waals surface area contributed by atoms with E-state index in [-0.39, 0.29) is 17.4 Å². The van der Waals surface area contributed by atoms with Crippen molar-refractivity contribution in [2.24, 2.45) is 0 Å². The number of benzene rings is 1. The fourth-order valence-corrected chi connectivity index (χ4v) is 4.56. The third kappa shape index (κ3) is 7.08. The summed E-state index contributed by atoms with van der Waals surface area (Å²) in [5.41, 5.74) is 2.10. The van der Waals surface area contributed by atoms with E-state index in [4.69, 9.17) is 19.1 Å². The molecule has 1 atom stereocenters. The highest BCUT2D eigenvalue weighted by atomic mass is 32.2. The van der Waals surface area contributed by atoms with Gasteiger partial charge in [0, 0.05) is 38.2 Å². The van der Waals surface area contributed by atoms with Crippen molar-refractivity contribution >= 4 is 23.5 Å². The summed E-state index contributed by atoms with van der Waals surface area (Å²) in [5.74, 6) is 2.22. The topological polar surface area (TPSA) is 80.5 Å². The minimum Gasteiger partial charge on any atom is -0.455 e. The van der Waals surface area contributed by atoms with E-state index in [1.165, 1.54) is 17.3 Å². The molecule has 186 valence electrons. The second-order valence-electron chi connectivity index (χ2n) is 9.89. The number of rotatable bonds is 9. The Hall–Kier alpha value is -2.84. The van der Waals surface area contributed by atoms with Crippen LogP contribution in [0.25, 0.3) is 0 Å². The molecule has 7 nitrogen and oxygen atoms in total. The SMILES string of the molecule is CN(Cc1ccccc1)c1cc(C(C)(C)C)nc(SCc2ccc(C(=O)NC[C@@H]3CCCO3)o2)n1. The second-order valence-corrected chi connectivity index (χ2v) is 10.8. The Labute approximate surface area is 211 Å². The van der Waals surface area contributed by atoms with Gasteiger partial charge >= 0.3 is 0 Å². The minimum atomic E-state index is -0.215. The summed E-state index contributed by atoms with van der Waals surface area (Å²) in [6.45, 7) is 8.49. The quantitative estimate of drug-likeness (QED) is 0.323. The van der Waals surface area contributed by atoms with E-state index in [0.29, 0.717) is 29.0 Å². The number of carbonyl (C=O) groups excluding carboxylic acids is 1. The van der Waals surface area contributed by atoms with E-state index in [1.807, 2.05) is 31.3 Å². The van der Waals surface area contributed by atoms with Crippen LogP contribution in [0.4, 0.5) is 5.82 Å². The molecule has 3 heterocycles. The molecular formula is C27H34N4O3S. The van der Waals surface area contributed by atoms with Gasteiger partial charge in [0.05, 0.1) is 17.6 Å². The van der Waals surface area contributed by atoms with Crippen LogP contribution in [-0.4, -0.2) is 42.2 Å². The van der Waals surface area contributed by atoms with Crippen LogP contribution in [-0.2, 0) is 22.4 Å². The first kappa shape index (κ1) is 25.3. The number of carbonyl (C=O) groups is 1. The zero-order valence-corrected chi connectivity index (χ0v) is 21.7. The number of nitrogens with zero attached hydrogens (tertiary/aromatic N) is 3. The molecule has 0 radical (unpaired) electrons. The van der Waals surface area contributed by atoms with Gasteiger partial charge < -0.3 is 19.4 Å². The van der Waals surface area contributed by atoms with Gasteiger partial charge in [-0.2, -0.15) is 0 Å². The summed E-state index contributed by atoms with van der Waals surface area (Å²) in [5, 5.41) is 3.59. The number of furan rings is 1. The van der Waals surface area contributed by atoms with E-state index in [9.17, 15) is 4.79 Å². The Kier molecular flexibility index (Phi) is 8.13. The molecule has 1 aliphatic heterocycles. The number of hydrogen-bond acceptors (Lipinski definition) is 7. The van der Waals surface area contributed by atoms with Gasteiger partial charge in [-0.25, -0.2) is 9.97 Å². The van der Waals surface area contributed by atoms with Crippen LogP contribution in [0, 0.1) is 0 Å². The summed E-state index contributed by atoms with van der Waals surface area (Å²) in [6, 6.07) is 16.0. The fraction of sp³-hybridized carbons (Fsp3) is 0.444. The third-order valence-corrected chi connectivity index (χ3v) is 6.73. The zero-order valence-electron chi connectivity index (χ0n) is 20.9. The summed E-state index contributed by atoms with van der Waals surface area (Å²) < 4.78 is 11.4. The van der Waals surface area contributed by atoms with Crippen LogP contribution in [0.15, 0.2) is 58.1 Å². The first-order valence-electron chi connectivity index (χ1n) is 12.0. The number of thioether (sulfide) groups is 1. The monoisotopic (exact) mass is 494 g/mol. The average molecular weight is 495 g/mol. The predicted octanol–water partition coefficient (Wildman–Crippen LogP) is 5.20. The van der Waals surface area contributed by atoms with E-state index < -0.39 is 0 Å². The summed E-state index contributed by atoms with van der Waals surface area (Å²) in [7, 11) is 2.05. The molecule has 0 bridgehead atoms. The van der Waals surface area contributed by atoms with Crippen LogP contribution in [0.1, 0.15) is 61.2 Å². The van der Waals surface area contributed by atoms with Crippen LogP contribution in [0.2, 0.25) is 0 Å². The van der Waals surface area contributed by atoms with E-state index in [1.54, 1.807) is 6.07 Å². The number of aromatic nitrogens is 2. The lowest BCUT2D eigenvalue weighted by Gasteiger charge is -2.23. The van der Waals surface area contributed by atoms with Gasteiger partial charge in [0.1, 0.15) is 11.6 Å². The minimum absolute atomic E-state index is 0.102. The fourth-order valence-electron chi connectivity index (χ4n) is 3.81. The van der Waals surface area contributed by atoms with Crippen molar-refractivity contribution in [2.45, 2.75) is 62.6 Å². The van der Waals surface area contributed by atoms with Gasteiger partial charge in [-0.1, -0.05) is 62.9 Å². The maximum atomic E-state index is 12.4. The molecule has 4 rings (SSSR count). The largest absolute Gasteiger partial charge is 0.455 e. The molecule has 1 aliphatic rings. The average Bonchev–Trinajstić information content (AvgIpc) is 3.53. The van der Waals surface area contributed by atoms with Crippen molar-refractivity contribution in [1.82, 2.24) is 15.3 Å². The van der Waals surface area contributed by atoms with Crippen molar-refractivity contribution in [3.05, 3.63) is 71.3 Å². The first-order valence-corrected chi connectivity index (χ1v) is 13.0. The number of ether oxygens (including phenoxy) is 1. The highest BCUT2D eigenvalue weighted by molar-refractivity contribution is 7.98. The molecular weight excluding hydrogens is 460 g/mol. The summed E-state index contributed by atoms with van der Waals surface area (Å²) in [4.78, 5) is 24.2. The van der Waals surface area contributed by atoms with Crippen LogP contribution in [0.3, 0.4) is 0 Å². The lowest BCUT2D eigenvalue weighted by molar-refractivity contribution is 0.0834. The van der Waals surface area contributed by atoms with Crippen molar-refractivity contribution in [3.8, 4) is 0 Å². The first-order chi connectivity index (χ1) is 16.8. The Morgan fingerprint density at radius 1 is 1.17 bits per heavy atom. The summed E-state index contributed by atoms with van der Waals surface area (Å²) >= 11 is 1.51. The second kappa shape index (κ2) is 11.3. The standard InChI is InChI=1S/C27H34N4O3S/c1-27(2,3)23-15-24(31(4)17-19-9-6-5-7-10-19)30-26(29-23)35-18-21-12-13-22(34-21)25(32)28-16-20-11-8-14-33-20/h5-7,9-10,12-13,15,20H,8,11,14,16-18H2,1-4H3,(H,28,32)/t20-/m0/s1. The van der Waals surface area contributed by atoms with Crippen LogP contribution < -0.4 is 10.2 Å². The Bertz CT molecular complexity index is 1120. The zero-order chi connectivity index (χ0) is 24.8. The molecule has 1 aromatic carbocycles. The maximum Gasteiger partial charge on any atom is 0.287 e. The Balaban J connectivity index is 1.42. The molecule has 0 unspecified atom stereocenters. The molecule has 2 aromatic heterocycles. The predicted molar refractivity (Wildman–Crippen MR) is 139 cm³/mol. The van der Waals surface area contributed by atoms with E-state index in [2.05, 4.69) is 49.2 Å². The molecule has 0 saturated carbocycles. The lowest BCUT2D eigenvalue weighted by atomic mass is 9.92. The lowest BCUT2D eigenvalue weighted by Crippen LogP contribution is -2.31. The Morgan fingerprint density at radius 3 is 2.69 bits per heavy atom. The van der Waals surface area contributed by atoms with Crippen LogP contribution in [0.5, 0.6) is 0 Å². The van der Waals surface area contributed by atoms with E-state index >= 15 is 0 Å². The normalized spacial score (nSPS) is 15.8. The van der Waals surface area contributed by atoms with Gasteiger partial charge in [-0.15, -0.1) is 0 Å². The van der Waals surface area contributed by atoms with Crippen molar-refractivity contribution in [2.75, 3.05) is 25.1 Å². The van der Waals surface area contributed by atoms with Crippen molar-refractivity contribution in [3.63, 3.8) is 0 Å². The number of amides is 1. The third-order valence-electron chi connectivity index (χ3n) is 5.86. The molecule has 3 aromatic rings. The molecule has 1 N–H and O–H groups in total.